The van der Waals surface area contributed by atoms with Crippen LogP contribution in [-0.4, -0.2) is 0 Å². The highest BCUT2D eigenvalue weighted by atomic mass is 127. The van der Waals surface area contributed by atoms with Crippen molar-refractivity contribution in [2.45, 2.75) is 88.5 Å². The molecule has 0 N–H and O–H groups in total. The second kappa shape index (κ2) is 29.0. The lowest BCUT2D eigenvalue weighted by Gasteiger charge is -1.79. The van der Waals surface area contributed by atoms with Gasteiger partial charge in [0.25, 0.3) is 0 Å². The maximum atomic E-state index is 2.17. The van der Waals surface area contributed by atoms with Crippen molar-refractivity contribution in [3.05, 3.63) is 36.4 Å². The minimum Gasteiger partial charge on any atom is -0.107 e. The third-order valence-electron chi connectivity index (χ3n) is 1.92. The summed E-state index contributed by atoms with van der Waals surface area (Å²) < 4.78 is 0. The van der Waals surface area contributed by atoms with Crippen LogP contribution < -0.4 is 0 Å². The first-order valence-electron chi connectivity index (χ1n) is 7.96. The molecule has 0 aliphatic heterocycles. The predicted molar refractivity (Wildman–Crippen MR) is 119 cm³/mol. The molecule has 2 rings (SSSR count). The summed E-state index contributed by atoms with van der Waals surface area (Å²) in [5.74, 6) is 1.67. The molecule has 0 radical (unpaired) electrons. The van der Waals surface area contributed by atoms with Crippen LogP contribution in [0.1, 0.15) is 88.5 Å². The lowest BCUT2D eigenvalue weighted by molar-refractivity contribution is 0.736. The van der Waals surface area contributed by atoms with E-state index in [0.717, 1.165) is 11.8 Å². The Morgan fingerprint density at radius 1 is 0.455 bits per heavy atom. The third-order valence-corrected chi connectivity index (χ3v) is 1.92. The van der Waals surface area contributed by atoms with E-state index in [2.05, 4.69) is 41.5 Å². The number of hydrogen-bond donors (Lipinski definition) is 0. The Morgan fingerprint density at radius 3 is 0.636 bits per heavy atom. The van der Waals surface area contributed by atoms with Crippen LogP contribution >= 0.6 is 24.0 Å². The summed E-state index contributed by atoms with van der Waals surface area (Å²) in [7, 11) is 0. The summed E-state index contributed by atoms with van der Waals surface area (Å²) in [5, 5.41) is 0. The van der Waals surface area contributed by atoms with Gasteiger partial charge in [0.15, 0.2) is 0 Å². The van der Waals surface area contributed by atoms with Crippen LogP contribution in [0.2, 0.25) is 0 Å². The number of hydrogen-bond acceptors (Lipinski definition) is 0. The summed E-state index contributed by atoms with van der Waals surface area (Å²) in [6, 6.07) is 12.0. The lowest BCUT2D eigenvalue weighted by Crippen LogP contribution is -1.66. The molecule has 1 aromatic rings. The van der Waals surface area contributed by atoms with Crippen LogP contribution in [0.15, 0.2) is 36.4 Å². The van der Waals surface area contributed by atoms with Crippen LogP contribution in [0.25, 0.3) is 0 Å². The molecular weight excluding hydrogens is 379 g/mol. The third kappa shape index (κ3) is 59.7. The van der Waals surface area contributed by atoms with Gasteiger partial charge in [-0.25, -0.2) is 0 Å². The van der Waals surface area contributed by atoms with E-state index in [4.69, 9.17) is 0 Å². The fourth-order valence-corrected chi connectivity index (χ4v) is 1.27. The molecule has 0 saturated heterocycles. The van der Waals surface area contributed by atoms with Crippen LogP contribution in [0.4, 0.5) is 0 Å². The molecule has 0 nitrogen and oxygen atoms in total. The standard InChI is InChI=1S/C6H6.C5H10.2C4H10.2CH4.HI/c1-2-4-6-5-3-1;1-2-4-5-3-1;2*1-4(2)3;;;/h1-6H;1-5H2;2*4H,1-3H3;2*1H4;1H. The fraction of sp³-hybridized carbons (Fsp3) is 0.714. The molecule has 22 heavy (non-hydrogen) atoms. The normalized spacial score (nSPS) is 10.9. The van der Waals surface area contributed by atoms with E-state index in [9.17, 15) is 0 Å². The zero-order valence-corrected chi connectivity index (χ0v) is 16.9. The van der Waals surface area contributed by atoms with E-state index in [-0.39, 0.29) is 38.8 Å². The molecule has 0 atom stereocenters. The molecule has 1 aliphatic rings. The van der Waals surface area contributed by atoms with Gasteiger partial charge in [-0.1, -0.05) is 125 Å². The highest BCUT2D eigenvalue weighted by Crippen LogP contribution is 2.15. The van der Waals surface area contributed by atoms with Crippen LogP contribution in [0.3, 0.4) is 0 Å². The van der Waals surface area contributed by atoms with E-state index in [1.165, 1.54) is 32.1 Å². The smallest absolute Gasteiger partial charge is 0.0500 e. The van der Waals surface area contributed by atoms with Crippen molar-refractivity contribution in [2.24, 2.45) is 11.8 Å². The minimum absolute atomic E-state index is 0. The van der Waals surface area contributed by atoms with Gasteiger partial charge in [0.1, 0.15) is 0 Å². The van der Waals surface area contributed by atoms with Crippen LogP contribution in [0.5, 0.6) is 0 Å². The molecule has 0 spiro atoms. The first kappa shape index (κ1) is 33.5. The van der Waals surface area contributed by atoms with Crippen molar-refractivity contribution in [3.63, 3.8) is 0 Å². The molecular formula is C21H45I. The summed E-state index contributed by atoms with van der Waals surface area (Å²) in [5.41, 5.74) is 0. The Morgan fingerprint density at radius 2 is 0.545 bits per heavy atom. The van der Waals surface area contributed by atoms with Gasteiger partial charge >= 0.3 is 0 Å². The zero-order valence-electron chi connectivity index (χ0n) is 14.6. The quantitative estimate of drug-likeness (QED) is 0.365. The first-order valence-corrected chi connectivity index (χ1v) is 7.96. The summed E-state index contributed by atoms with van der Waals surface area (Å²) >= 11 is 0. The van der Waals surface area contributed by atoms with Crippen LogP contribution in [-0.2, 0) is 0 Å². The summed E-state index contributed by atoms with van der Waals surface area (Å²) in [6.07, 6.45) is 7.50. The topological polar surface area (TPSA) is 0 Å². The number of rotatable bonds is 0. The average Bonchev–Trinajstić information content (AvgIpc) is 2.88. The van der Waals surface area contributed by atoms with E-state index < -0.39 is 0 Å². The summed E-state index contributed by atoms with van der Waals surface area (Å²) in [6.45, 7) is 13.0. The molecule has 1 aromatic carbocycles. The SMILES string of the molecule is C.C.C1CCCC1.CC(C)C.CC(C)C.I.c1ccccc1. The average molecular weight is 424 g/mol. The second-order valence-corrected chi connectivity index (χ2v) is 6.39. The van der Waals surface area contributed by atoms with Gasteiger partial charge in [-0.2, -0.15) is 0 Å². The molecule has 1 fully saturated rings. The van der Waals surface area contributed by atoms with Gasteiger partial charge in [0, 0.05) is 0 Å². The Labute approximate surface area is 160 Å². The summed E-state index contributed by atoms with van der Waals surface area (Å²) in [4.78, 5) is 0. The van der Waals surface area contributed by atoms with Crippen molar-refractivity contribution in [1.29, 1.82) is 0 Å². The fourth-order valence-electron chi connectivity index (χ4n) is 1.27. The van der Waals surface area contributed by atoms with E-state index in [1.807, 2.05) is 36.4 Å². The molecule has 0 amide bonds. The Kier molecular flexibility index (Phi) is 44.2. The van der Waals surface area contributed by atoms with Crippen molar-refractivity contribution in [1.82, 2.24) is 0 Å². The van der Waals surface area contributed by atoms with Gasteiger partial charge in [-0.05, 0) is 11.8 Å². The molecule has 0 heterocycles. The molecule has 1 aliphatic carbocycles. The number of halogens is 1. The highest BCUT2D eigenvalue weighted by Gasteiger charge is 1.95. The second-order valence-electron chi connectivity index (χ2n) is 6.39. The zero-order chi connectivity index (χ0) is 14.9. The molecule has 0 bridgehead atoms. The van der Waals surface area contributed by atoms with Gasteiger partial charge in [-0.3, -0.25) is 0 Å². The molecule has 0 unspecified atom stereocenters. The number of benzene rings is 1. The maximum Gasteiger partial charge on any atom is -0.0500 e. The Bertz CT molecular complexity index is 179. The molecule has 1 saturated carbocycles. The van der Waals surface area contributed by atoms with Crippen molar-refractivity contribution in [3.8, 4) is 0 Å². The Hall–Kier alpha value is -0.0500. The predicted octanol–water partition coefficient (Wildman–Crippen LogP) is 8.85. The lowest BCUT2D eigenvalue weighted by atomic mass is 10.3. The first-order chi connectivity index (χ1) is 8.96. The van der Waals surface area contributed by atoms with Crippen molar-refractivity contribution >= 4 is 24.0 Å². The largest absolute Gasteiger partial charge is 0.107 e. The van der Waals surface area contributed by atoms with Gasteiger partial charge in [-0.15, -0.1) is 24.0 Å². The van der Waals surface area contributed by atoms with Crippen molar-refractivity contribution in [2.75, 3.05) is 0 Å². The monoisotopic (exact) mass is 424 g/mol. The van der Waals surface area contributed by atoms with Gasteiger partial charge in [0.05, 0.1) is 0 Å². The van der Waals surface area contributed by atoms with E-state index in [1.54, 1.807) is 0 Å². The minimum atomic E-state index is 0. The van der Waals surface area contributed by atoms with Gasteiger partial charge in [0.2, 0.25) is 0 Å². The van der Waals surface area contributed by atoms with E-state index in [0.29, 0.717) is 0 Å². The Balaban J connectivity index is -0.0000000568. The molecule has 0 aromatic heterocycles. The molecule has 136 valence electrons. The van der Waals surface area contributed by atoms with Crippen molar-refractivity contribution < 1.29 is 0 Å². The highest BCUT2D eigenvalue weighted by molar-refractivity contribution is 14.0. The maximum absolute atomic E-state index is 2.17. The van der Waals surface area contributed by atoms with Crippen LogP contribution in [0, 0.1) is 11.8 Å². The van der Waals surface area contributed by atoms with E-state index >= 15 is 0 Å². The van der Waals surface area contributed by atoms with Gasteiger partial charge < -0.3 is 0 Å². The molecule has 1 heteroatoms.